The van der Waals surface area contributed by atoms with Crippen molar-refractivity contribution in [3.8, 4) is 11.4 Å². The molecule has 180 valence electrons. The molecule has 0 atom stereocenters. The quantitative estimate of drug-likeness (QED) is 0.549. The van der Waals surface area contributed by atoms with Crippen LogP contribution in [0.3, 0.4) is 0 Å². The molecule has 1 aromatic heterocycles. The van der Waals surface area contributed by atoms with Gasteiger partial charge in [0.1, 0.15) is 16.5 Å². The zero-order valence-corrected chi connectivity index (χ0v) is 19.6. The first-order chi connectivity index (χ1) is 16.3. The fraction of sp³-hybridized carbons (Fsp3) is 0.304. The van der Waals surface area contributed by atoms with E-state index in [4.69, 9.17) is 9.47 Å². The molecule has 4 rings (SSSR count). The van der Waals surface area contributed by atoms with Gasteiger partial charge in [-0.15, -0.1) is 0 Å². The summed E-state index contributed by atoms with van der Waals surface area (Å²) in [6.45, 7) is 2.99. The third kappa shape index (κ3) is 4.67. The Kier molecular flexibility index (Phi) is 6.96. The molecule has 3 aromatic rings. The second kappa shape index (κ2) is 9.92. The van der Waals surface area contributed by atoms with Gasteiger partial charge >= 0.3 is 0 Å². The lowest BCUT2D eigenvalue weighted by Gasteiger charge is -2.26. The minimum absolute atomic E-state index is 0.0348. The first-order valence-electron chi connectivity index (χ1n) is 10.7. The SMILES string of the molecule is CCc1c(C(=O)Nc2ccc(OC)c(S(=O)(=O)N3CCOCC3)c2)cnn1-c1ccc(F)cc1. The van der Waals surface area contributed by atoms with Crippen LogP contribution in [-0.4, -0.2) is 61.8 Å². The van der Waals surface area contributed by atoms with Crippen LogP contribution in [0.5, 0.6) is 5.75 Å². The first kappa shape index (κ1) is 23.9. The van der Waals surface area contributed by atoms with Crippen molar-refractivity contribution >= 4 is 21.6 Å². The van der Waals surface area contributed by atoms with Crippen LogP contribution >= 0.6 is 0 Å². The van der Waals surface area contributed by atoms with Crippen molar-refractivity contribution in [3.05, 3.63) is 65.7 Å². The van der Waals surface area contributed by atoms with Gasteiger partial charge in [0.05, 0.1) is 43.5 Å². The number of amides is 1. The van der Waals surface area contributed by atoms with Gasteiger partial charge in [0.15, 0.2) is 0 Å². The second-order valence-electron chi connectivity index (χ2n) is 7.58. The number of anilines is 1. The normalized spacial score (nSPS) is 14.7. The van der Waals surface area contributed by atoms with Crippen molar-refractivity contribution < 1.29 is 27.1 Å². The Labute approximate surface area is 197 Å². The molecule has 1 saturated heterocycles. The minimum atomic E-state index is -3.85. The highest BCUT2D eigenvalue weighted by Crippen LogP contribution is 2.30. The van der Waals surface area contributed by atoms with Gasteiger partial charge in [0, 0.05) is 18.8 Å². The molecule has 0 saturated carbocycles. The number of carbonyl (C=O) groups is 1. The number of sulfonamides is 1. The van der Waals surface area contributed by atoms with E-state index in [9.17, 15) is 17.6 Å². The predicted octanol–water partition coefficient (Wildman–Crippen LogP) is 2.86. The van der Waals surface area contributed by atoms with E-state index in [0.29, 0.717) is 42.3 Å². The molecule has 0 aliphatic carbocycles. The summed E-state index contributed by atoms with van der Waals surface area (Å²) in [5, 5.41) is 7.05. The molecule has 1 fully saturated rings. The molecular weight excluding hydrogens is 463 g/mol. The molecule has 0 spiro atoms. The molecule has 2 aromatic carbocycles. The number of benzene rings is 2. The van der Waals surface area contributed by atoms with Crippen molar-refractivity contribution in [3.63, 3.8) is 0 Å². The lowest BCUT2D eigenvalue weighted by molar-refractivity contribution is 0.0729. The lowest BCUT2D eigenvalue weighted by atomic mass is 10.1. The molecule has 0 unspecified atom stereocenters. The van der Waals surface area contributed by atoms with Crippen molar-refractivity contribution in [2.45, 2.75) is 18.2 Å². The maximum absolute atomic E-state index is 13.3. The maximum atomic E-state index is 13.3. The van der Waals surface area contributed by atoms with E-state index in [0.717, 1.165) is 0 Å². The summed E-state index contributed by atoms with van der Waals surface area (Å²) in [5.41, 5.74) is 1.90. The monoisotopic (exact) mass is 488 g/mol. The summed E-state index contributed by atoms with van der Waals surface area (Å²) in [4.78, 5) is 13.0. The number of aromatic nitrogens is 2. The molecule has 34 heavy (non-hydrogen) atoms. The summed E-state index contributed by atoms with van der Waals surface area (Å²) in [6, 6.07) is 10.3. The molecule has 1 amide bonds. The van der Waals surface area contributed by atoms with E-state index >= 15 is 0 Å². The Balaban J connectivity index is 1.63. The Morgan fingerprint density at radius 1 is 1.18 bits per heavy atom. The van der Waals surface area contributed by atoms with Crippen molar-refractivity contribution in [1.82, 2.24) is 14.1 Å². The van der Waals surface area contributed by atoms with Gasteiger partial charge in [-0.2, -0.15) is 9.40 Å². The number of rotatable bonds is 7. The average Bonchev–Trinajstić information content (AvgIpc) is 3.29. The smallest absolute Gasteiger partial charge is 0.259 e. The van der Waals surface area contributed by atoms with E-state index in [2.05, 4.69) is 10.4 Å². The van der Waals surface area contributed by atoms with E-state index in [1.54, 1.807) is 22.9 Å². The van der Waals surface area contributed by atoms with Crippen LogP contribution in [0.4, 0.5) is 10.1 Å². The summed E-state index contributed by atoms with van der Waals surface area (Å²) in [5.74, 6) is -0.623. The zero-order valence-electron chi connectivity index (χ0n) is 18.8. The third-order valence-corrected chi connectivity index (χ3v) is 7.45. The standard InChI is InChI=1S/C23H25FN4O5S/c1-3-20-19(15-25-28(20)18-7-4-16(24)5-8-18)23(29)26-17-6-9-21(32-2)22(14-17)34(30,31)27-10-12-33-13-11-27/h4-9,14-15H,3,10-13H2,1-2H3,(H,26,29). The average molecular weight is 489 g/mol. The fourth-order valence-corrected chi connectivity index (χ4v) is 5.38. The maximum Gasteiger partial charge on any atom is 0.259 e. The van der Waals surface area contributed by atoms with Gasteiger partial charge in [-0.25, -0.2) is 17.5 Å². The molecule has 0 bridgehead atoms. The molecule has 1 aliphatic rings. The largest absolute Gasteiger partial charge is 0.495 e. The molecular formula is C23H25FN4O5S. The number of hydrogen-bond acceptors (Lipinski definition) is 6. The predicted molar refractivity (Wildman–Crippen MR) is 123 cm³/mol. The number of carbonyl (C=O) groups excluding carboxylic acids is 1. The topological polar surface area (TPSA) is 103 Å². The minimum Gasteiger partial charge on any atom is -0.495 e. The fourth-order valence-electron chi connectivity index (χ4n) is 3.79. The van der Waals surface area contributed by atoms with Crippen LogP contribution in [0.25, 0.3) is 5.69 Å². The van der Waals surface area contributed by atoms with E-state index in [1.165, 1.54) is 41.9 Å². The summed E-state index contributed by atoms with van der Waals surface area (Å²) < 4.78 is 53.1. The number of halogens is 1. The highest BCUT2D eigenvalue weighted by atomic mass is 32.2. The van der Waals surface area contributed by atoms with Crippen LogP contribution in [0, 0.1) is 5.82 Å². The Hall–Kier alpha value is -3.28. The van der Waals surface area contributed by atoms with Gasteiger partial charge in [0.25, 0.3) is 5.91 Å². The van der Waals surface area contributed by atoms with E-state index in [1.807, 2.05) is 6.92 Å². The van der Waals surface area contributed by atoms with Gasteiger partial charge in [0.2, 0.25) is 10.0 Å². The molecule has 9 nitrogen and oxygen atoms in total. The van der Waals surface area contributed by atoms with Crippen LogP contribution < -0.4 is 10.1 Å². The molecule has 0 radical (unpaired) electrons. The molecule has 2 heterocycles. The zero-order chi connectivity index (χ0) is 24.3. The first-order valence-corrected chi connectivity index (χ1v) is 12.2. The summed E-state index contributed by atoms with van der Waals surface area (Å²) in [6.07, 6.45) is 1.94. The highest BCUT2D eigenvalue weighted by Gasteiger charge is 2.30. The van der Waals surface area contributed by atoms with Crippen LogP contribution in [0.15, 0.2) is 53.6 Å². The van der Waals surface area contributed by atoms with Gasteiger partial charge in [-0.05, 0) is 48.9 Å². The van der Waals surface area contributed by atoms with Crippen molar-refractivity contribution in [2.75, 3.05) is 38.7 Å². The van der Waals surface area contributed by atoms with Crippen LogP contribution in [0.1, 0.15) is 23.0 Å². The lowest BCUT2D eigenvalue weighted by Crippen LogP contribution is -2.40. The van der Waals surface area contributed by atoms with Gasteiger partial charge in [-0.3, -0.25) is 4.79 Å². The van der Waals surface area contributed by atoms with Crippen molar-refractivity contribution in [1.29, 1.82) is 0 Å². The number of nitrogens with one attached hydrogen (secondary N) is 1. The molecule has 1 N–H and O–H groups in total. The van der Waals surface area contributed by atoms with Gasteiger partial charge < -0.3 is 14.8 Å². The Morgan fingerprint density at radius 2 is 1.88 bits per heavy atom. The van der Waals surface area contributed by atoms with Crippen LogP contribution in [0.2, 0.25) is 0 Å². The second-order valence-corrected chi connectivity index (χ2v) is 9.49. The number of hydrogen-bond donors (Lipinski definition) is 1. The summed E-state index contributed by atoms with van der Waals surface area (Å²) in [7, 11) is -2.45. The summed E-state index contributed by atoms with van der Waals surface area (Å²) >= 11 is 0. The number of nitrogens with zero attached hydrogens (tertiary/aromatic N) is 3. The highest BCUT2D eigenvalue weighted by molar-refractivity contribution is 7.89. The Morgan fingerprint density at radius 3 is 2.53 bits per heavy atom. The Bertz CT molecular complexity index is 1290. The van der Waals surface area contributed by atoms with Crippen LogP contribution in [-0.2, 0) is 21.2 Å². The third-order valence-electron chi connectivity index (χ3n) is 5.53. The number of methoxy groups -OCH3 is 1. The molecule has 11 heteroatoms. The van der Waals surface area contributed by atoms with E-state index in [-0.39, 0.29) is 29.6 Å². The van der Waals surface area contributed by atoms with Crippen molar-refractivity contribution in [2.24, 2.45) is 0 Å². The van der Waals surface area contributed by atoms with E-state index < -0.39 is 15.9 Å². The molecule has 1 aliphatic heterocycles. The number of morpholine rings is 1. The number of ether oxygens (including phenoxy) is 2. The van der Waals surface area contributed by atoms with Gasteiger partial charge in [-0.1, -0.05) is 6.92 Å².